The Labute approximate surface area is 281 Å². The number of fused-ring (bicyclic) bond motifs is 1. The molecule has 0 aliphatic carbocycles. The average Bonchev–Trinajstić information content (AvgIpc) is 3.04. The summed E-state index contributed by atoms with van der Waals surface area (Å²) < 4.78 is 35.8. The summed E-state index contributed by atoms with van der Waals surface area (Å²) in [6.45, 7) is 6.80. The van der Waals surface area contributed by atoms with Crippen LogP contribution in [0, 0.1) is 0 Å². The number of aliphatic hydroxyl groups excluding tert-OH is 1. The van der Waals surface area contributed by atoms with E-state index in [9.17, 15) is 23.1 Å². The van der Waals surface area contributed by atoms with Crippen LogP contribution < -0.4 is 20.5 Å². The number of urea groups is 1. The molecular weight excluding hydrogens is 632 g/mol. The maximum Gasteiger partial charge on any atom is 0.323 e. The van der Waals surface area contributed by atoms with Crippen molar-refractivity contribution in [2.24, 2.45) is 5.14 Å². The number of benzene rings is 4. The summed E-state index contributed by atoms with van der Waals surface area (Å²) in [6.07, 6.45) is 0.340. The van der Waals surface area contributed by atoms with E-state index in [0.29, 0.717) is 47.2 Å². The Balaban J connectivity index is 1.43. The van der Waals surface area contributed by atoms with E-state index in [0.717, 1.165) is 11.1 Å². The standard InChI is InChI=1S/C36H42N4O7S/c1-35(2,3)26-20-24(22-48(37,44)45)32(46-4)31(21-26)39-34(43)38-30-15-14-29(27-12-8-9-13-28(27)30)33(42)40-17-19-47-36(23-40,16-18-41)25-10-6-5-7-11-25/h5-15,20-21,41H,16-19,22-23H2,1-4H3,(H2,37,44,45)(H2,38,39,43). The van der Waals surface area contributed by atoms with Crippen LogP contribution in [0.1, 0.15) is 54.2 Å². The molecule has 5 rings (SSSR count). The number of hydrogen-bond donors (Lipinski definition) is 4. The molecule has 1 aliphatic rings. The van der Waals surface area contributed by atoms with Gasteiger partial charge >= 0.3 is 6.03 Å². The maximum absolute atomic E-state index is 14.1. The number of anilines is 2. The number of nitrogens with one attached hydrogen (secondary N) is 2. The van der Waals surface area contributed by atoms with Crippen LogP contribution in [0.5, 0.6) is 5.75 Å². The van der Waals surface area contributed by atoms with E-state index in [-0.39, 0.29) is 35.9 Å². The molecule has 4 aromatic rings. The maximum atomic E-state index is 14.1. The molecule has 1 unspecified atom stereocenters. The minimum absolute atomic E-state index is 0.0951. The summed E-state index contributed by atoms with van der Waals surface area (Å²) in [5, 5.41) is 22.3. The van der Waals surface area contributed by atoms with Gasteiger partial charge in [-0.3, -0.25) is 4.79 Å². The fourth-order valence-corrected chi connectivity index (χ4v) is 6.82. The Kier molecular flexibility index (Phi) is 10.1. The predicted molar refractivity (Wildman–Crippen MR) is 187 cm³/mol. The van der Waals surface area contributed by atoms with Gasteiger partial charge in [-0.2, -0.15) is 0 Å². The highest BCUT2D eigenvalue weighted by Gasteiger charge is 2.40. The second kappa shape index (κ2) is 13.9. The molecular formula is C36H42N4O7S. The Morgan fingerprint density at radius 2 is 1.65 bits per heavy atom. The Bertz CT molecular complexity index is 1920. The van der Waals surface area contributed by atoms with Crippen LogP contribution in [0.4, 0.5) is 16.2 Å². The number of methoxy groups -OCH3 is 1. The quantitative estimate of drug-likeness (QED) is 0.187. The summed E-state index contributed by atoms with van der Waals surface area (Å²) in [7, 11) is -2.49. The van der Waals surface area contributed by atoms with Crippen LogP contribution in [0.15, 0.2) is 78.9 Å². The number of sulfonamides is 1. The first-order valence-corrected chi connectivity index (χ1v) is 17.4. The van der Waals surface area contributed by atoms with Crippen molar-refractivity contribution >= 4 is 44.1 Å². The van der Waals surface area contributed by atoms with Gasteiger partial charge in [0.15, 0.2) is 0 Å². The highest BCUT2D eigenvalue weighted by atomic mass is 32.2. The molecule has 5 N–H and O–H groups in total. The summed E-state index contributed by atoms with van der Waals surface area (Å²) in [6, 6.07) is 23.2. The van der Waals surface area contributed by atoms with Gasteiger partial charge < -0.3 is 30.1 Å². The fourth-order valence-electron chi connectivity index (χ4n) is 6.17. The Morgan fingerprint density at radius 1 is 0.979 bits per heavy atom. The van der Waals surface area contributed by atoms with Crippen LogP contribution in [0.25, 0.3) is 10.8 Å². The Hall–Kier alpha value is -4.49. The number of nitrogens with zero attached hydrogens (tertiary/aromatic N) is 1. The zero-order chi connectivity index (χ0) is 34.7. The molecule has 1 aliphatic heterocycles. The van der Waals surface area contributed by atoms with Crippen molar-refractivity contribution in [3.8, 4) is 5.75 Å². The molecule has 0 saturated carbocycles. The molecule has 1 heterocycles. The molecule has 48 heavy (non-hydrogen) atoms. The normalized spacial score (nSPS) is 16.8. The lowest BCUT2D eigenvalue weighted by Gasteiger charge is -2.43. The monoisotopic (exact) mass is 674 g/mol. The molecule has 12 heteroatoms. The van der Waals surface area contributed by atoms with Gasteiger partial charge in [0.05, 0.1) is 37.4 Å². The van der Waals surface area contributed by atoms with E-state index in [1.54, 1.807) is 29.2 Å². The first-order chi connectivity index (χ1) is 22.7. The number of primary sulfonamides is 1. The molecule has 1 atom stereocenters. The van der Waals surface area contributed by atoms with Gasteiger partial charge in [-0.25, -0.2) is 18.4 Å². The summed E-state index contributed by atoms with van der Waals surface area (Å²) >= 11 is 0. The topological polar surface area (TPSA) is 160 Å². The molecule has 0 aromatic heterocycles. The number of morpholine rings is 1. The van der Waals surface area contributed by atoms with Crippen LogP contribution in [0.3, 0.4) is 0 Å². The lowest BCUT2D eigenvalue weighted by atomic mass is 9.85. The van der Waals surface area contributed by atoms with Gasteiger partial charge in [0.1, 0.15) is 11.4 Å². The average molecular weight is 675 g/mol. The van der Waals surface area contributed by atoms with Gasteiger partial charge in [-0.1, -0.05) is 81.4 Å². The van der Waals surface area contributed by atoms with Crippen LogP contribution in [0.2, 0.25) is 0 Å². The molecule has 254 valence electrons. The van der Waals surface area contributed by atoms with Crippen molar-refractivity contribution < 1.29 is 32.6 Å². The highest BCUT2D eigenvalue weighted by Crippen LogP contribution is 2.37. The third kappa shape index (κ3) is 7.63. The van der Waals surface area contributed by atoms with E-state index in [4.69, 9.17) is 14.6 Å². The largest absolute Gasteiger partial charge is 0.494 e. The lowest BCUT2D eigenvalue weighted by molar-refractivity contribution is -0.115. The van der Waals surface area contributed by atoms with E-state index < -0.39 is 27.4 Å². The van der Waals surface area contributed by atoms with Crippen molar-refractivity contribution in [1.82, 2.24) is 4.90 Å². The number of rotatable bonds is 9. The van der Waals surface area contributed by atoms with Crippen molar-refractivity contribution in [3.63, 3.8) is 0 Å². The second-order valence-corrected chi connectivity index (χ2v) is 14.6. The van der Waals surface area contributed by atoms with Crippen LogP contribution in [-0.2, 0) is 31.5 Å². The third-order valence-electron chi connectivity index (χ3n) is 8.53. The van der Waals surface area contributed by atoms with Crippen molar-refractivity contribution in [2.75, 3.05) is 44.0 Å². The number of ether oxygens (including phenoxy) is 2. The van der Waals surface area contributed by atoms with E-state index in [1.165, 1.54) is 7.11 Å². The fraction of sp³-hybridized carbons (Fsp3) is 0.333. The van der Waals surface area contributed by atoms with Gasteiger partial charge in [-0.15, -0.1) is 0 Å². The van der Waals surface area contributed by atoms with Crippen molar-refractivity contribution in [1.29, 1.82) is 0 Å². The zero-order valence-corrected chi connectivity index (χ0v) is 28.4. The van der Waals surface area contributed by atoms with E-state index >= 15 is 0 Å². The molecule has 1 fully saturated rings. The van der Waals surface area contributed by atoms with Crippen LogP contribution >= 0.6 is 0 Å². The van der Waals surface area contributed by atoms with Crippen molar-refractivity contribution in [3.05, 3.63) is 101 Å². The number of carbonyl (C=O) groups excluding carboxylic acids is 2. The lowest BCUT2D eigenvalue weighted by Crippen LogP contribution is -2.52. The molecule has 3 amide bonds. The van der Waals surface area contributed by atoms with Crippen molar-refractivity contribution in [2.45, 2.75) is 44.0 Å². The van der Waals surface area contributed by atoms with Gasteiger partial charge in [0, 0.05) is 36.1 Å². The number of aliphatic hydroxyl groups is 1. The molecule has 11 nitrogen and oxygen atoms in total. The molecule has 0 bridgehead atoms. The predicted octanol–water partition coefficient (Wildman–Crippen LogP) is 5.33. The van der Waals surface area contributed by atoms with E-state index in [2.05, 4.69) is 10.6 Å². The molecule has 0 radical (unpaired) electrons. The number of hydrogen-bond acceptors (Lipinski definition) is 7. The molecule has 1 saturated heterocycles. The molecule has 0 spiro atoms. The summed E-state index contributed by atoms with van der Waals surface area (Å²) in [4.78, 5) is 29.3. The van der Waals surface area contributed by atoms with Gasteiger partial charge in [0.2, 0.25) is 10.0 Å². The SMILES string of the molecule is COc1c(CS(N)(=O)=O)cc(C(C)(C)C)cc1NC(=O)Nc1ccc(C(=O)N2CCOC(CCO)(c3ccccc3)C2)c2ccccc12. The number of amides is 3. The zero-order valence-electron chi connectivity index (χ0n) is 27.6. The number of carbonyl (C=O) groups is 2. The minimum Gasteiger partial charge on any atom is -0.494 e. The first-order valence-electron chi connectivity index (χ1n) is 15.7. The smallest absolute Gasteiger partial charge is 0.323 e. The van der Waals surface area contributed by atoms with Crippen LogP contribution in [-0.4, -0.2) is 63.8 Å². The Morgan fingerprint density at radius 3 is 2.29 bits per heavy atom. The third-order valence-corrected chi connectivity index (χ3v) is 9.25. The van der Waals surface area contributed by atoms with Gasteiger partial charge in [-0.05, 0) is 40.1 Å². The minimum atomic E-state index is -3.89. The van der Waals surface area contributed by atoms with Gasteiger partial charge in [0.25, 0.3) is 5.91 Å². The molecule has 4 aromatic carbocycles. The summed E-state index contributed by atoms with van der Waals surface area (Å²) in [5.41, 5.74) is 2.03. The second-order valence-electron chi connectivity index (χ2n) is 13.0. The van der Waals surface area contributed by atoms with E-state index in [1.807, 2.05) is 75.4 Å². The summed E-state index contributed by atoms with van der Waals surface area (Å²) in [5.74, 6) is -0.460. The highest BCUT2D eigenvalue weighted by molar-refractivity contribution is 7.88. The first kappa shape index (κ1) is 34.8. The number of nitrogens with two attached hydrogens (primary N) is 1.